The molecular formula is C17H34N4. The molecule has 4 heteroatoms. The zero-order chi connectivity index (χ0) is 14.9. The minimum atomic E-state index is 0.622. The van der Waals surface area contributed by atoms with Crippen molar-refractivity contribution in [3.63, 3.8) is 0 Å². The Balaban J connectivity index is 1.53. The van der Waals surface area contributed by atoms with E-state index in [1.165, 1.54) is 71.0 Å². The van der Waals surface area contributed by atoms with Crippen LogP contribution in [0.2, 0.25) is 0 Å². The number of aliphatic imine (C=N–C) groups is 1. The zero-order valence-corrected chi connectivity index (χ0v) is 14.0. The molecule has 2 rings (SSSR count). The molecule has 0 aromatic rings. The molecular weight excluding hydrogens is 260 g/mol. The second-order valence-electron chi connectivity index (χ2n) is 6.86. The molecule has 21 heavy (non-hydrogen) atoms. The summed E-state index contributed by atoms with van der Waals surface area (Å²) in [5, 5.41) is 7.06. The summed E-state index contributed by atoms with van der Waals surface area (Å²) in [5.74, 6) is 1.90. The number of hydrogen-bond donors (Lipinski definition) is 2. The van der Waals surface area contributed by atoms with Gasteiger partial charge in [0, 0.05) is 19.6 Å². The molecule has 0 aromatic carbocycles. The van der Waals surface area contributed by atoms with Gasteiger partial charge in [0.05, 0.1) is 0 Å². The monoisotopic (exact) mass is 294 g/mol. The summed E-state index contributed by atoms with van der Waals surface area (Å²) in [7, 11) is 1.88. The third kappa shape index (κ3) is 6.25. The van der Waals surface area contributed by atoms with E-state index in [9.17, 15) is 0 Å². The van der Waals surface area contributed by atoms with E-state index in [4.69, 9.17) is 0 Å². The highest BCUT2D eigenvalue weighted by molar-refractivity contribution is 5.79. The molecule has 0 unspecified atom stereocenters. The van der Waals surface area contributed by atoms with Crippen molar-refractivity contribution >= 4 is 5.96 Å². The number of unbranched alkanes of at least 4 members (excludes halogenated alkanes) is 1. The smallest absolute Gasteiger partial charge is 0.191 e. The van der Waals surface area contributed by atoms with E-state index in [-0.39, 0.29) is 0 Å². The first-order valence-corrected chi connectivity index (χ1v) is 8.97. The van der Waals surface area contributed by atoms with Crippen LogP contribution in [0, 0.1) is 5.92 Å². The molecule has 0 aromatic heterocycles. The molecule has 1 saturated heterocycles. The van der Waals surface area contributed by atoms with Gasteiger partial charge in [-0.2, -0.15) is 0 Å². The number of rotatable bonds is 6. The molecule has 2 fully saturated rings. The Morgan fingerprint density at radius 1 is 1.10 bits per heavy atom. The van der Waals surface area contributed by atoms with Crippen molar-refractivity contribution in [2.75, 3.05) is 33.2 Å². The fourth-order valence-corrected chi connectivity index (χ4v) is 3.47. The first-order valence-electron chi connectivity index (χ1n) is 8.97. The van der Waals surface area contributed by atoms with Gasteiger partial charge < -0.3 is 15.5 Å². The lowest BCUT2D eigenvalue weighted by atomic mass is 9.87. The Morgan fingerprint density at radius 3 is 2.48 bits per heavy atom. The molecule has 2 N–H and O–H groups in total. The summed E-state index contributed by atoms with van der Waals surface area (Å²) in [5.41, 5.74) is 0. The van der Waals surface area contributed by atoms with Crippen molar-refractivity contribution in [1.82, 2.24) is 15.5 Å². The molecule has 122 valence electrons. The standard InChI is InChI=1S/C17H34N4/c1-15-7-9-16(10-8-15)20-17(18-2)19-11-3-4-12-21-13-5-6-14-21/h15-16H,3-14H2,1-2H3,(H2,18,19,20). The van der Waals surface area contributed by atoms with E-state index < -0.39 is 0 Å². The fraction of sp³-hybridized carbons (Fsp3) is 0.941. The third-order valence-electron chi connectivity index (χ3n) is 4.97. The van der Waals surface area contributed by atoms with E-state index in [2.05, 4.69) is 27.4 Å². The maximum absolute atomic E-state index is 4.36. The average molecular weight is 294 g/mol. The van der Waals surface area contributed by atoms with Crippen molar-refractivity contribution < 1.29 is 0 Å². The summed E-state index contributed by atoms with van der Waals surface area (Å²) in [6.07, 6.45) is 10.6. The lowest BCUT2D eigenvalue weighted by Crippen LogP contribution is -2.45. The van der Waals surface area contributed by atoms with Gasteiger partial charge in [0.25, 0.3) is 0 Å². The summed E-state index contributed by atoms with van der Waals surface area (Å²) >= 11 is 0. The van der Waals surface area contributed by atoms with Crippen LogP contribution in [0.1, 0.15) is 58.3 Å². The van der Waals surface area contributed by atoms with Gasteiger partial charge in [-0.25, -0.2) is 0 Å². The van der Waals surface area contributed by atoms with Crippen LogP contribution in [0.4, 0.5) is 0 Å². The van der Waals surface area contributed by atoms with Gasteiger partial charge in [-0.3, -0.25) is 4.99 Å². The number of hydrogen-bond acceptors (Lipinski definition) is 2. The molecule has 0 amide bonds. The fourth-order valence-electron chi connectivity index (χ4n) is 3.47. The van der Waals surface area contributed by atoms with E-state index in [1.807, 2.05) is 7.05 Å². The average Bonchev–Trinajstić information content (AvgIpc) is 3.01. The van der Waals surface area contributed by atoms with Gasteiger partial charge >= 0.3 is 0 Å². The molecule has 0 spiro atoms. The Labute approximate surface area is 130 Å². The van der Waals surface area contributed by atoms with E-state index >= 15 is 0 Å². The first kappa shape index (κ1) is 16.6. The molecule has 0 atom stereocenters. The molecule has 1 saturated carbocycles. The maximum atomic E-state index is 4.36. The predicted octanol–water partition coefficient (Wildman–Crippen LogP) is 2.61. The molecule has 1 aliphatic heterocycles. The van der Waals surface area contributed by atoms with Gasteiger partial charge in [0.1, 0.15) is 0 Å². The van der Waals surface area contributed by atoms with Crippen LogP contribution < -0.4 is 10.6 Å². The van der Waals surface area contributed by atoms with Crippen LogP contribution in [0.25, 0.3) is 0 Å². The van der Waals surface area contributed by atoms with E-state index in [0.29, 0.717) is 6.04 Å². The number of likely N-dealkylation sites (tertiary alicyclic amines) is 1. The van der Waals surface area contributed by atoms with Gasteiger partial charge in [-0.1, -0.05) is 6.92 Å². The van der Waals surface area contributed by atoms with Gasteiger partial charge in [0.2, 0.25) is 0 Å². The molecule has 1 aliphatic carbocycles. The summed E-state index contributed by atoms with van der Waals surface area (Å²) in [6, 6.07) is 0.622. The van der Waals surface area contributed by atoms with Gasteiger partial charge in [-0.15, -0.1) is 0 Å². The zero-order valence-electron chi connectivity index (χ0n) is 14.0. The number of nitrogens with one attached hydrogen (secondary N) is 2. The van der Waals surface area contributed by atoms with Crippen molar-refractivity contribution in [3.8, 4) is 0 Å². The largest absolute Gasteiger partial charge is 0.356 e. The van der Waals surface area contributed by atoms with Gasteiger partial charge in [0.15, 0.2) is 5.96 Å². The quantitative estimate of drug-likeness (QED) is 0.449. The summed E-state index contributed by atoms with van der Waals surface area (Å²) in [6.45, 7) is 7.31. The SMILES string of the molecule is CN=C(NCCCCN1CCCC1)NC1CCC(C)CC1. The first-order chi connectivity index (χ1) is 10.3. The van der Waals surface area contributed by atoms with Crippen LogP contribution in [-0.2, 0) is 0 Å². The van der Waals surface area contributed by atoms with Crippen LogP contribution in [0.3, 0.4) is 0 Å². The van der Waals surface area contributed by atoms with Crippen LogP contribution in [0.15, 0.2) is 4.99 Å². The van der Waals surface area contributed by atoms with Crippen LogP contribution in [-0.4, -0.2) is 50.1 Å². The predicted molar refractivity (Wildman–Crippen MR) is 90.8 cm³/mol. The molecule has 2 aliphatic rings. The molecule has 0 bridgehead atoms. The lowest BCUT2D eigenvalue weighted by Gasteiger charge is -2.28. The van der Waals surface area contributed by atoms with Crippen molar-refractivity contribution in [2.24, 2.45) is 10.9 Å². The second kappa shape index (κ2) is 9.29. The normalized spacial score (nSPS) is 27.8. The number of nitrogens with zero attached hydrogens (tertiary/aromatic N) is 2. The van der Waals surface area contributed by atoms with Gasteiger partial charge in [-0.05, 0) is 76.9 Å². The van der Waals surface area contributed by atoms with E-state index in [1.54, 1.807) is 0 Å². The van der Waals surface area contributed by atoms with E-state index in [0.717, 1.165) is 18.4 Å². The number of guanidine groups is 1. The summed E-state index contributed by atoms with van der Waals surface area (Å²) < 4.78 is 0. The molecule has 0 radical (unpaired) electrons. The van der Waals surface area contributed by atoms with Crippen LogP contribution >= 0.6 is 0 Å². The van der Waals surface area contributed by atoms with Crippen molar-refractivity contribution in [2.45, 2.75) is 64.3 Å². The second-order valence-corrected chi connectivity index (χ2v) is 6.86. The Kier molecular flexibility index (Phi) is 7.34. The minimum Gasteiger partial charge on any atom is -0.356 e. The topological polar surface area (TPSA) is 39.7 Å². The summed E-state index contributed by atoms with van der Waals surface area (Å²) in [4.78, 5) is 6.95. The van der Waals surface area contributed by atoms with Crippen LogP contribution in [0.5, 0.6) is 0 Å². The molecule has 1 heterocycles. The maximum Gasteiger partial charge on any atom is 0.191 e. The molecule has 4 nitrogen and oxygen atoms in total. The third-order valence-corrected chi connectivity index (χ3v) is 4.97. The highest BCUT2D eigenvalue weighted by Gasteiger charge is 2.18. The highest BCUT2D eigenvalue weighted by Crippen LogP contribution is 2.23. The van der Waals surface area contributed by atoms with Crippen molar-refractivity contribution in [3.05, 3.63) is 0 Å². The highest BCUT2D eigenvalue weighted by atomic mass is 15.2. The Morgan fingerprint density at radius 2 is 1.81 bits per heavy atom. The lowest BCUT2D eigenvalue weighted by molar-refractivity contribution is 0.326. The van der Waals surface area contributed by atoms with Crippen molar-refractivity contribution in [1.29, 1.82) is 0 Å². The minimum absolute atomic E-state index is 0.622. The Hall–Kier alpha value is -0.770. The Bertz CT molecular complexity index is 302.